The van der Waals surface area contributed by atoms with Crippen LogP contribution >= 0.6 is 11.8 Å². The number of oxazole rings is 1. The maximum atomic E-state index is 12.8. The molecule has 1 aliphatic heterocycles. The molecule has 1 amide bonds. The zero-order chi connectivity index (χ0) is 21.1. The molecular weight excluding hydrogens is 422 g/mol. The summed E-state index contributed by atoms with van der Waals surface area (Å²) in [5, 5.41) is 3.21. The number of hydrogen-bond donors (Lipinski definition) is 1. The Balaban J connectivity index is 1.35. The molecule has 158 valence electrons. The molecule has 1 saturated heterocycles. The number of piperidine rings is 1. The summed E-state index contributed by atoms with van der Waals surface area (Å²) in [6, 6.07) is 13.7. The van der Waals surface area contributed by atoms with Crippen molar-refractivity contribution in [2.75, 3.05) is 24.2 Å². The Bertz CT molecular complexity index is 1110. The summed E-state index contributed by atoms with van der Waals surface area (Å²) >= 11 is 1.21. The minimum atomic E-state index is -3.50. The monoisotopic (exact) mass is 445 g/mol. The summed E-state index contributed by atoms with van der Waals surface area (Å²) in [7, 11) is -3.50. The molecule has 7 nitrogen and oxygen atoms in total. The third-order valence-electron chi connectivity index (χ3n) is 5.00. The van der Waals surface area contributed by atoms with E-state index in [1.165, 1.54) is 23.9 Å². The summed E-state index contributed by atoms with van der Waals surface area (Å²) in [6.07, 6.45) is 1.94. The largest absolute Gasteiger partial charge is 0.431 e. The van der Waals surface area contributed by atoms with Crippen molar-refractivity contribution in [3.05, 3.63) is 48.5 Å². The van der Waals surface area contributed by atoms with E-state index in [2.05, 4.69) is 17.2 Å². The van der Waals surface area contributed by atoms with Crippen molar-refractivity contribution in [1.29, 1.82) is 0 Å². The molecule has 3 aromatic rings. The van der Waals surface area contributed by atoms with Gasteiger partial charge in [0, 0.05) is 18.8 Å². The van der Waals surface area contributed by atoms with Gasteiger partial charge < -0.3 is 9.73 Å². The zero-order valence-electron chi connectivity index (χ0n) is 16.6. The van der Waals surface area contributed by atoms with Crippen LogP contribution in [0.5, 0.6) is 0 Å². The second-order valence-electron chi connectivity index (χ2n) is 7.42. The van der Waals surface area contributed by atoms with Gasteiger partial charge >= 0.3 is 0 Å². The van der Waals surface area contributed by atoms with Crippen molar-refractivity contribution in [3.8, 4) is 0 Å². The normalized spacial score (nSPS) is 17.8. The van der Waals surface area contributed by atoms with Crippen molar-refractivity contribution in [3.63, 3.8) is 0 Å². The lowest BCUT2D eigenvalue weighted by Gasteiger charge is -2.30. The minimum absolute atomic E-state index is 0.137. The predicted molar refractivity (Wildman–Crippen MR) is 117 cm³/mol. The third kappa shape index (κ3) is 4.69. The van der Waals surface area contributed by atoms with E-state index in [0.717, 1.165) is 18.4 Å². The highest BCUT2D eigenvalue weighted by atomic mass is 32.2. The maximum absolute atomic E-state index is 12.8. The lowest BCUT2D eigenvalue weighted by atomic mass is 10.0. The first-order valence-corrected chi connectivity index (χ1v) is 12.2. The molecular formula is C21H23N3O4S2. The SMILES string of the molecule is CC1CCCN(S(=O)(=O)c2ccc(NC(=O)CSc3nc4ccccc4o3)cc2)C1. The highest BCUT2D eigenvalue weighted by Crippen LogP contribution is 2.25. The molecule has 1 N–H and O–H groups in total. The van der Waals surface area contributed by atoms with E-state index >= 15 is 0 Å². The summed E-state index contributed by atoms with van der Waals surface area (Å²) in [4.78, 5) is 16.8. The van der Waals surface area contributed by atoms with Gasteiger partial charge in [-0.25, -0.2) is 13.4 Å². The lowest BCUT2D eigenvalue weighted by Crippen LogP contribution is -2.39. The van der Waals surface area contributed by atoms with Crippen molar-refractivity contribution in [2.45, 2.75) is 29.9 Å². The highest BCUT2D eigenvalue weighted by Gasteiger charge is 2.28. The third-order valence-corrected chi connectivity index (χ3v) is 7.70. The first-order valence-electron chi connectivity index (χ1n) is 9.80. The van der Waals surface area contributed by atoms with Gasteiger partial charge in [0.05, 0.1) is 10.6 Å². The van der Waals surface area contributed by atoms with Crippen molar-refractivity contribution in [2.24, 2.45) is 5.92 Å². The Morgan fingerprint density at radius 1 is 1.23 bits per heavy atom. The second-order valence-corrected chi connectivity index (χ2v) is 10.3. The van der Waals surface area contributed by atoms with E-state index in [1.54, 1.807) is 16.4 Å². The molecule has 2 heterocycles. The van der Waals surface area contributed by atoms with Gasteiger partial charge in [-0.3, -0.25) is 4.79 Å². The average Bonchev–Trinajstić information content (AvgIpc) is 3.16. The number of nitrogens with one attached hydrogen (secondary N) is 1. The molecule has 0 aliphatic carbocycles. The Morgan fingerprint density at radius 2 is 2.00 bits per heavy atom. The van der Waals surface area contributed by atoms with E-state index < -0.39 is 10.0 Å². The van der Waals surface area contributed by atoms with Gasteiger partial charge in [0.1, 0.15) is 5.52 Å². The van der Waals surface area contributed by atoms with Crippen LogP contribution in [-0.2, 0) is 14.8 Å². The molecule has 1 fully saturated rings. The van der Waals surface area contributed by atoms with Crippen LogP contribution < -0.4 is 5.32 Å². The van der Waals surface area contributed by atoms with Crippen LogP contribution in [0.2, 0.25) is 0 Å². The number of aromatic nitrogens is 1. The van der Waals surface area contributed by atoms with Crippen molar-refractivity contribution < 1.29 is 17.6 Å². The second kappa shape index (κ2) is 8.79. The minimum Gasteiger partial charge on any atom is -0.431 e. The van der Waals surface area contributed by atoms with E-state index in [0.29, 0.717) is 35.5 Å². The van der Waals surface area contributed by atoms with E-state index in [4.69, 9.17) is 4.42 Å². The van der Waals surface area contributed by atoms with Crippen LogP contribution in [-0.4, -0.2) is 42.5 Å². The molecule has 1 unspecified atom stereocenters. The zero-order valence-corrected chi connectivity index (χ0v) is 18.2. The standard InChI is InChI=1S/C21H23N3O4S2/c1-15-5-4-12-24(13-15)30(26,27)17-10-8-16(9-11-17)22-20(25)14-29-21-23-18-6-2-3-7-19(18)28-21/h2-3,6-11,15H,4-5,12-14H2,1H3,(H,22,25). The number of rotatable bonds is 6. The number of nitrogens with zero attached hydrogens (tertiary/aromatic N) is 2. The fourth-order valence-corrected chi connectivity index (χ4v) is 5.70. The van der Waals surface area contributed by atoms with Crippen LogP contribution in [0.3, 0.4) is 0 Å². The molecule has 0 radical (unpaired) electrons. The van der Waals surface area contributed by atoms with Gasteiger partial charge in [0.15, 0.2) is 5.58 Å². The molecule has 1 atom stereocenters. The first kappa shape index (κ1) is 20.9. The molecule has 2 aromatic carbocycles. The summed E-state index contributed by atoms with van der Waals surface area (Å²) < 4.78 is 32.8. The molecule has 1 aromatic heterocycles. The van der Waals surface area contributed by atoms with Gasteiger partial charge in [0.25, 0.3) is 5.22 Å². The van der Waals surface area contributed by atoms with E-state index in [-0.39, 0.29) is 16.6 Å². The van der Waals surface area contributed by atoms with Crippen molar-refractivity contribution >= 4 is 44.5 Å². The average molecular weight is 446 g/mol. The Hall–Kier alpha value is -2.36. The molecule has 9 heteroatoms. The molecule has 4 rings (SSSR count). The summed E-state index contributed by atoms with van der Waals surface area (Å²) in [5.41, 5.74) is 1.98. The number of para-hydroxylation sites is 2. The molecule has 0 saturated carbocycles. The topological polar surface area (TPSA) is 92.5 Å². The van der Waals surface area contributed by atoms with Gasteiger partial charge in [-0.2, -0.15) is 4.31 Å². The van der Waals surface area contributed by atoms with Crippen LogP contribution in [0.4, 0.5) is 5.69 Å². The number of carbonyl (C=O) groups is 1. The number of thioether (sulfide) groups is 1. The summed E-state index contributed by atoms with van der Waals surface area (Å²) in [6.45, 7) is 3.17. The number of amides is 1. The van der Waals surface area contributed by atoms with E-state index in [9.17, 15) is 13.2 Å². The lowest BCUT2D eigenvalue weighted by molar-refractivity contribution is -0.113. The fraction of sp³-hybridized carbons (Fsp3) is 0.333. The fourth-order valence-electron chi connectivity index (χ4n) is 3.46. The van der Waals surface area contributed by atoms with Gasteiger partial charge in [-0.05, 0) is 55.2 Å². The number of fused-ring (bicyclic) bond motifs is 1. The highest BCUT2D eigenvalue weighted by molar-refractivity contribution is 7.99. The number of sulfonamides is 1. The number of benzene rings is 2. The maximum Gasteiger partial charge on any atom is 0.257 e. The Morgan fingerprint density at radius 3 is 2.73 bits per heavy atom. The quantitative estimate of drug-likeness (QED) is 0.577. The van der Waals surface area contributed by atoms with Gasteiger partial charge in [0.2, 0.25) is 15.9 Å². The van der Waals surface area contributed by atoms with Crippen molar-refractivity contribution in [1.82, 2.24) is 9.29 Å². The number of hydrogen-bond acceptors (Lipinski definition) is 6. The van der Waals surface area contributed by atoms with Crippen LogP contribution in [0.25, 0.3) is 11.1 Å². The van der Waals surface area contributed by atoms with Crippen LogP contribution in [0, 0.1) is 5.92 Å². The predicted octanol–water partition coefficient (Wildman–Crippen LogP) is 3.98. The molecule has 30 heavy (non-hydrogen) atoms. The molecule has 1 aliphatic rings. The Labute approximate surface area is 179 Å². The smallest absolute Gasteiger partial charge is 0.257 e. The van der Waals surface area contributed by atoms with Gasteiger partial charge in [-0.15, -0.1) is 0 Å². The van der Waals surface area contributed by atoms with Gasteiger partial charge in [-0.1, -0.05) is 30.8 Å². The van der Waals surface area contributed by atoms with Crippen LogP contribution in [0.1, 0.15) is 19.8 Å². The van der Waals surface area contributed by atoms with Crippen LogP contribution in [0.15, 0.2) is 63.1 Å². The summed E-state index contributed by atoms with van der Waals surface area (Å²) in [5.74, 6) is 0.284. The Kier molecular flexibility index (Phi) is 6.12. The first-order chi connectivity index (χ1) is 14.4. The van der Waals surface area contributed by atoms with E-state index in [1.807, 2.05) is 24.3 Å². The number of anilines is 1. The number of carbonyl (C=O) groups excluding carboxylic acids is 1. The molecule has 0 bridgehead atoms. The molecule has 0 spiro atoms.